The van der Waals surface area contributed by atoms with Crippen molar-refractivity contribution in [2.75, 3.05) is 6.61 Å². The van der Waals surface area contributed by atoms with E-state index in [-0.39, 0.29) is 11.8 Å². The molecule has 0 aliphatic carbocycles. The lowest BCUT2D eigenvalue weighted by molar-refractivity contribution is 0.0526. The molecular weight excluding hydrogens is 375 g/mol. The van der Waals surface area contributed by atoms with Gasteiger partial charge in [0.1, 0.15) is 5.82 Å². The Morgan fingerprint density at radius 1 is 1.31 bits per heavy atom. The smallest absolute Gasteiger partial charge is 0.338 e. The molecule has 3 aromatic rings. The van der Waals surface area contributed by atoms with Crippen LogP contribution in [0.25, 0.3) is 11.0 Å². The molecule has 0 unspecified atom stereocenters. The first-order valence-electron chi connectivity index (χ1n) is 8.28. The van der Waals surface area contributed by atoms with Gasteiger partial charge in [0, 0.05) is 22.9 Å². The van der Waals surface area contributed by atoms with Crippen LogP contribution in [0.4, 0.5) is 4.39 Å². The van der Waals surface area contributed by atoms with E-state index < -0.39 is 0 Å². The monoisotopic (exact) mass is 392 g/mol. The quantitative estimate of drug-likeness (QED) is 0.420. The fraction of sp³-hybridized carbons (Fsp3) is 0.263. The van der Waals surface area contributed by atoms with Crippen LogP contribution in [0.2, 0.25) is 5.02 Å². The standard InChI is InChI=1S/C19H18ClFN2O2S/c1-3-23-17-9-8-12(18(24)25-4-2)10-16(17)22-19(23)26-11-13-14(20)6-5-7-15(13)21/h5-10H,3-4,11H2,1-2H3. The lowest BCUT2D eigenvalue weighted by Crippen LogP contribution is -2.04. The van der Waals surface area contributed by atoms with Gasteiger partial charge in [0.05, 0.1) is 23.2 Å². The third-order valence-electron chi connectivity index (χ3n) is 3.95. The van der Waals surface area contributed by atoms with E-state index >= 15 is 0 Å². The van der Waals surface area contributed by atoms with Crippen molar-refractivity contribution in [3.8, 4) is 0 Å². The van der Waals surface area contributed by atoms with Gasteiger partial charge < -0.3 is 9.30 Å². The highest BCUT2D eigenvalue weighted by Crippen LogP contribution is 2.30. The largest absolute Gasteiger partial charge is 0.462 e. The average Bonchev–Trinajstić information content (AvgIpc) is 2.98. The molecule has 0 atom stereocenters. The molecule has 0 radical (unpaired) electrons. The van der Waals surface area contributed by atoms with Crippen LogP contribution in [-0.4, -0.2) is 22.1 Å². The number of hydrogen-bond donors (Lipinski definition) is 0. The second-order valence-electron chi connectivity index (χ2n) is 5.55. The first-order valence-corrected chi connectivity index (χ1v) is 9.64. The van der Waals surface area contributed by atoms with Crippen molar-refractivity contribution in [2.45, 2.75) is 31.3 Å². The molecule has 0 aliphatic heterocycles. The number of nitrogens with zero attached hydrogens (tertiary/aromatic N) is 2. The van der Waals surface area contributed by atoms with Crippen LogP contribution in [-0.2, 0) is 17.0 Å². The van der Waals surface area contributed by atoms with Gasteiger partial charge in [-0.1, -0.05) is 29.4 Å². The van der Waals surface area contributed by atoms with Crippen LogP contribution in [0.15, 0.2) is 41.6 Å². The minimum atomic E-state index is -0.368. The summed E-state index contributed by atoms with van der Waals surface area (Å²) in [4.78, 5) is 16.5. The first kappa shape index (κ1) is 18.7. The summed E-state index contributed by atoms with van der Waals surface area (Å²) in [5.41, 5.74) is 2.55. The molecule has 7 heteroatoms. The van der Waals surface area contributed by atoms with Crippen molar-refractivity contribution in [1.82, 2.24) is 9.55 Å². The molecule has 0 fully saturated rings. The van der Waals surface area contributed by atoms with Gasteiger partial charge in [0.15, 0.2) is 5.16 Å². The van der Waals surface area contributed by atoms with Crippen LogP contribution in [0, 0.1) is 5.82 Å². The van der Waals surface area contributed by atoms with Gasteiger partial charge >= 0.3 is 5.97 Å². The van der Waals surface area contributed by atoms with Gasteiger partial charge in [0.2, 0.25) is 0 Å². The fourth-order valence-corrected chi connectivity index (χ4v) is 4.09. The Kier molecular flexibility index (Phi) is 5.84. The molecule has 3 rings (SSSR count). The molecule has 0 bridgehead atoms. The molecule has 136 valence electrons. The Labute approximate surface area is 160 Å². The van der Waals surface area contributed by atoms with Crippen molar-refractivity contribution >= 4 is 40.4 Å². The highest BCUT2D eigenvalue weighted by atomic mass is 35.5. The zero-order valence-electron chi connectivity index (χ0n) is 14.5. The number of carbonyl (C=O) groups is 1. The minimum absolute atomic E-state index is 0.324. The summed E-state index contributed by atoms with van der Waals surface area (Å²) in [5, 5.41) is 1.16. The predicted molar refractivity (Wildman–Crippen MR) is 102 cm³/mol. The Hall–Kier alpha value is -2.05. The summed E-state index contributed by atoms with van der Waals surface area (Å²) in [6.07, 6.45) is 0. The number of thioether (sulfide) groups is 1. The van der Waals surface area contributed by atoms with E-state index in [1.54, 1.807) is 31.2 Å². The number of aromatic nitrogens is 2. The summed E-state index contributed by atoms with van der Waals surface area (Å²) >= 11 is 7.52. The predicted octanol–water partition coefficient (Wildman–Crippen LogP) is 5.32. The highest BCUT2D eigenvalue weighted by molar-refractivity contribution is 7.98. The topological polar surface area (TPSA) is 44.1 Å². The number of halogens is 2. The highest BCUT2D eigenvalue weighted by Gasteiger charge is 2.15. The van der Waals surface area contributed by atoms with Crippen LogP contribution >= 0.6 is 23.4 Å². The Morgan fingerprint density at radius 2 is 2.12 bits per heavy atom. The lowest BCUT2D eigenvalue weighted by atomic mass is 10.2. The maximum atomic E-state index is 14.0. The number of esters is 1. The Morgan fingerprint density at radius 3 is 2.81 bits per heavy atom. The Balaban J connectivity index is 1.91. The number of fused-ring (bicyclic) bond motifs is 1. The molecule has 26 heavy (non-hydrogen) atoms. The molecule has 4 nitrogen and oxygen atoms in total. The number of imidazole rings is 1. The summed E-state index contributed by atoms with van der Waals surface area (Å²) < 4.78 is 21.0. The van der Waals surface area contributed by atoms with Crippen molar-refractivity contribution in [1.29, 1.82) is 0 Å². The molecule has 0 spiro atoms. The lowest BCUT2D eigenvalue weighted by Gasteiger charge is -2.07. The minimum Gasteiger partial charge on any atom is -0.462 e. The molecule has 0 N–H and O–H groups in total. The number of benzene rings is 2. The fourth-order valence-electron chi connectivity index (χ4n) is 2.67. The zero-order valence-corrected chi connectivity index (χ0v) is 16.0. The summed E-state index contributed by atoms with van der Waals surface area (Å²) in [6, 6.07) is 9.98. The normalized spacial score (nSPS) is 11.1. The number of rotatable bonds is 6. The summed E-state index contributed by atoms with van der Waals surface area (Å²) in [6.45, 7) is 4.82. The van der Waals surface area contributed by atoms with E-state index in [9.17, 15) is 9.18 Å². The van der Waals surface area contributed by atoms with Crippen molar-refractivity contribution in [3.63, 3.8) is 0 Å². The van der Waals surface area contributed by atoms with Gasteiger partial charge in [-0.3, -0.25) is 0 Å². The maximum Gasteiger partial charge on any atom is 0.338 e. The molecule has 0 saturated heterocycles. The molecule has 0 saturated carbocycles. The second kappa shape index (κ2) is 8.10. The SMILES string of the molecule is CCOC(=O)c1ccc2c(c1)nc(SCc1c(F)cccc1Cl)n2CC. The van der Waals surface area contributed by atoms with Crippen LogP contribution in [0.1, 0.15) is 29.8 Å². The molecule has 1 aromatic heterocycles. The summed E-state index contributed by atoms with van der Waals surface area (Å²) in [5.74, 6) is -0.318. The Bertz CT molecular complexity index is 938. The number of carbonyl (C=O) groups excluding carboxylic acids is 1. The summed E-state index contributed by atoms with van der Waals surface area (Å²) in [7, 11) is 0. The van der Waals surface area contributed by atoms with E-state index in [2.05, 4.69) is 4.98 Å². The first-order chi connectivity index (χ1) is 12.5. The van der Waals surface area contributed by atoms with E-state index in [1.807, 2.05) is 17.6 Å². The molecule has 0 aliphatic rings. The van der Waals surface area contributed by atoms with Gasteiger partial charge in [-0.15, -0.1) is 0 Å². The number of aryl methyl sites for hydroxylation is 1. The van der Waals surface area contributed by atoms with E-state index in [0.29, 0.717) is 40.6 Å². The third-order valence-corrected chi connectivity index (χ3v) is 5.30. The molecule has 0 amide bonds. The van der Waals surface area contributed by atoms with E-state index in [4.69, 9.17) is 16.3 Å². The number of ether oxygens (including phenoxy) is 1. The third kappa shape index (κ3) is 3.71. The molecule has 1 heterocycles. The van der Waals surface area contributed by atoms with Gasteiger partial charge in [-0.2, -0.15) is 0 Å². The van der Waals surface area contributed by atoms with Crippen LogP contribution in [0.5, 0.6) is 0 Å². The van der Waals surface area contributed by atoms with Crippen LogP contribution in [0.3, 0.4) is 0 Å². The zero-order chi connectivity index (χ0) is 18.7. The average molecular weight is 393 g/mol. The molecular formula is C19H18ClFN2O2S. The van der Waals surface area contributed by atoms with Crippen molar-refractivity contribution in [3.05, 3.63) is 58.4 Å². The second-order valence-corrected chi connectivity index (χ2v) is 6.90. The van der Waals surface area contributed by atoms with Crippen molar-refractivity contribution in [2.24, 2.45) is 0 Å². The molecule has 2 aromatic carbocycles. The van der Waals surface area contributed by atoms with Gasteiger partial charge in [0.25, 0.3) is 0 Å². The van der Waals surface area contributed by atoms with Gasteiger partial charge in [-0.25, -0.2) is 14.2 Å². The number of hydrogen-bond acceptors (Lipinski definition) is 4. The van der Waals surface area contributed by atoms with E-state index in [0.717, 1.165) is 10.7 Å². The van der Waals surface area contributed by atoms with Crippen LogP contribution < -0.4 is 0 Å². The van der Waals surface area contributed by atoms with Gasteiger partial charge in [-0.05, 0) is 44.2 Å². The van der Waals surface area contributed by atoms with Crippen molar-refractivity contribution < 1.29 is 13.9 Å². The van der Waals surface area contributed by atoms with E-state index in [1.165, 1.54) is 17.8 Å². The maximum absolute atomic E-state index is 14.0.